The third-order valence-electron chi connectivity index (χ3n) is 4.99. The fourth-order valence-corrected chi connectivity index (χ4v) is 3.68. The lowest BCUT2D eigenvalue weighted by molar-refractivity contribution is -0.117. The van der Waals surface area contributed by atoms with Gasteiger partial charge in [0.15, 0.2) is 5.82 Å². The molecule has 0 aliphatic rings. The van der Waals surface area contributed by atoms with Crippen LogP contribution >= 0.6 is 0 Å². The maximum Gasteiger partial charge on any atom is 0.174 e. The number of hydrogen-bond donors (Lipinski definition) is 1. The quantitative estimate of drug-likeness (QED) is 0.559. The Morgan fingerprint density at radius 3 is 2.62 bits per heavy atom. The van der Waals surface area contributed by atoms with Crippen molar-refractivity contribution in [3.63, 3.8) is 0 Å². The smallest absolute Gasteiger partial charge is 0.174 e. The second kappa shape index (κ2) is 7.47. The summed E-state index contributed by atoms with van der Waals surface area (Å²) in [4.78, 5) is 12.5. The van der Waals surface area contributed by atoms with Crippen LogP contribution in [0.1, 0.15) is 22.3 Å². The number of halogens is 1. The molecule has 0 saturated carbocycles. The van der Waals surface area contributed by atoms with Crippen LogP contribution < -0.4 is 5.73 Å². The van der Waals surface area contributed by atoms with Gasteiger partial charge in [0.25, 0.3) is 0 Å². The van der Waals surface area contributed by atoms with Gasteiger partial charge in [-0.25, -0.2) is 8.91 Å². The van der Waals surface area contributed by atoms with E-state index in [1.54, 1.807) is 29.8 Å². The maximum absolute atomic E-state index is 14.3. The summed E-state index contributed by atoms with van der Waals surface area (Å²) < 4.78 is 15.9. The SMILES string of the molecule is Cc1cc(C)c(F)c(CC(=O)Cc2ccc(-c3cccn4nnc(N)c34)cc2)c1. The van der Waals surface area contributed by atoms with Crippen molar-refractivity contribution in [2.75, 3.05) is 5.73 Å². The van der Waals surface area contributed by atoms with Crippen LogP contribution in [0.2, 0.25) is 0 Å². The van der Waals surface area contributed by atoms with E-state index in [4.69, 9.17) is 5.73 Å². The van der Waals surface area contributed by atoms with Crippen LogP contribution in [-0.4, -0.2) is 20.6 Å². The number of fused-ring (bicyclic) bond motifs is 1. The van der Waals surface area contributed by atoms with Crippen LogP contribution in [-0.2, 0) is 17.6 Å². The van der Waals surface area contributed by atoms with Crippen LogP contribution in [0.4, 0.5) is 10.2 Å². The highest BCUT2D eigenvalue weighted by atomic mass is 19.1. The fourth-order valence-electron chi connectivity index (χ4n) is 3.68. The van der Waals surface area contributed by atoms with Crippen molar-refractivity contribution in [1.82, 2.24) is 14.8 Å². The molecule has 29 heavy (non-hydrogen) atoms. The summed E-state index contributed by atoms with van der Waals surface area (Å²) in [5, 5.41) is 7.90. The molecule has 4 rings (SSSR count). The Hall–Kier alpha value is -3.54. The van der Waals surface area contributed by atoms with Crippen LogP contribution in [0.25, 0.3) is 16.6 Å². The van der Waals surface area contributed by atoms with E-state index in [1.807, 2.05) is 43.3 Å². The molecule has 0 fully saturated rings. The normalized spacial score (nSPS) is 11.1. The van der Waals surface area contributed by atoms with Crippen molar-refractivity contribution in [2.24, 2.45) is 0 Å². The topological polar surface area (TPSA) is 73.3 Å². The van der Waals surface area contributed by atoms with Gasteiger partial charge in [0.05, 0.1) is 0 Å². The van der Waals surface area contributed by atoms with E-state index in [9.17, 15) is 9.18 Å². The number of ketones is 1. The minimum Gasteiger partial charge on any atom is -0.380 e. The van der Waals surface area contributed by atoms with Crippen LogP contribution in [0, 0.1) is 19.7 Å². The molecule has 2 N–H and O–H groups in total. The van der Waals surface area contributed by atoms with Gasteiger partial charge in [0.1, 0.15) is 17.1 Å². The Kier molecular flexibility index (Phi) is 4.84. The molecule has 6 heteroatoms. The number of aromatic nitrogens is 3. The number of carbonyl (C=O) groups excluding carboxylic acids is 1. The maximum atomic E-state index is 14.3. The molecule has 2 aromatic carbocycles. The van der Waals surface area contributed by atoms with Gasteiger partial charge in [-0.3, -0.25) is 4.79 Å². The average molecular weight is 388 g/mol. The summed E-state index contributed by atoms with van der Waals surface area (Å²) in [6.45, 7) is 3.63. The van der Waals surface area contributed by atoms with E-state index in [0.29, 0.717) is 16.9 Å². The molecular formula is C23H21FN4O. The number of Topliss-reactive ketones (excluding diaryl/α,β-unsaturated/α-hetero) is 1. The van der Waals surface area contributed by atoms with Crippen LogP contribution in [0.5, 0.6) is 0 Å². The second-order valence-corrected chi connectivity index (χ2v) is 7.33. The Balaban J connectivity index is 1.53. The third-order valence-corrected chi connectivity index (χ3v) is 4.99. The number of hydrogen-bond acceptors (Lipinski definition) is 4. The van der Waals surface area contributed by atoms with Crippen LogP contribution in [0.3, 0.4) is 0 Å². The number of rotatable bonds is 5. The predicted molar refractivity (Wildman–Crippen MR) is 111 cm³/mol. The summed E-state index contributed by atoms with van der Waals surface area (Å²) in [6.07, 6.45) is 2.14. The molecule has 4 aromatic rings. The molecule has 0 bridgehead atoms. The third kappa shape index (κ3) is 3.74. The standard InChI is InChI=1S/C23H21FN4O/c1-14-10-15(2)21(24)18(11-14)13-19(29)12-16-5-7-17(8-6-16)20-4-3-9-28-22(20)23(25)26-27-28/h3-11H,12-13,25H2,1-2H3. The molecule has 146 valence electrons. The molecule has 0 spiro atoms. The lowest BCUT2D eigenvalue weighted by Crippen LogP contribution is -2.09. The Bertz CT molecular complexity index is 1210. The number of anilines is 1. The summed E-state index contributed by atoms with van der Waals surface area (Å²) in [5.41, 5.74) is 11.4. The zero-order valence-corrected chi connectivity index (χ0v) is 16.3. The Morgan fingerprint density at radius 2 is 1.86 bits per heavy atom. The van der Waals surface area contributed by atoms with E-state index >= 15 is 0 Å². The summed E-state index contributed by atoms with van der Waals surface area (Å²) >= 11 is 0. The largest absolute Gasteiger partial charge is 0.380 e. The van der Waals surface area contributed by atoms with E-state index in [-0.39, 0.29) is 24.4 Å². The summed E-state index contributed by atoms with van der Waals surface area (Å²) in [5.74, 6) is 0.0581. The lowest BCUT2D eigenvalue weighted by atomic mass is 9.97. The van der Waals surface area contributed by atoms with E-state index < -0.39 is 0 Å². The first-order valence-electron chi connectivity index (χ1n) is 9.38. The molecule has 0 aliphatic heterocycles. The molecule has 0 unspecified atom stereocenters. The van der Waals surface area contributed by atoms with E-state index in [1.165, 1.54) is 0 Å². The first-order chi connectivity index (χ1) is 13.9. The van der Waals surface area contributed by atoms with Crippen molar-refractivity contribution in [3.05, 3.63) is 82.8 Å². The minimum atomic E-state index is -0.292. The van der Waals surface area contributed by atoms with Crippen molar-refractivity contribution in [3.8, 4) is 11.1 Å². The number of aryl methyl sites for hydroxylation is 2. The number of carbonyl (C=O) groups is 1. The fraction of sp³-hybridized carbons (Fsp3) is 0.174. The van der Waals surface area contributed by atoms with Crippen molar-refractivity contribution < 1.29 is 9.18 Å². The number of nitrogens with two attached hydrogens (primary N) is 1. The number of pyridine rings is 1. The van der Waals surface area contributed by atoms with Crippen molar-refractivity contribution >= 4 is 17.1 Å². The molecule has 0 saturated heterocycles. The molecule has 2 aromatic heterocycles. The summed E-state index contributed by atoms with van der Waals surface area (Å²) in [7, 11) is 0. The molecule has 5 nitrogen and oxygen atoms in total. The predicted octanol–water partition coefficient (Wildman–Crippen LogP) is 4.09. The zero-order valence-electron chi connectivity index (χ0n) is 16.3. The molecule has 0 amide bonds. The first kappa shape index (κ1) is 18.8. The molecular weight excluding hydrogens is 367 g/mol. The van der Waals surface area contributed by atoms with Gasteiger partial charge < -0.3 is 5.73 Å². The monoisotopic (exact) mass is 388 g/mol. The minimum absolute atomic E-state index is 0.0204. The van der Waals surface area contributed by atoms with Gasteiger partial charge in [-0.2, -0.15) is 0 Å². The van der Waals surface area contributed by atoms with Gasteiger partial charge in [-0.15, -0.1) is 5.10 Å². The Labute approximate surface area is 168 Å². The highest BCUT2D eigenvalue weighted by molar-refractivity contribution is 5.87. The number of nitrogen functional groups attached to an aromatic ring is 1. The summed E-state index contributed by atoms with van der Waals surface area (Å²) in [6, 6.07) is 15.1. The number of nitrogens with zero attached hydrogens (tertiary/aromatic N) is 3. The van der Waals surface area contributed by atoms with Gasteiger partial charge >= 0.3 is 0 Å². The second-order valence-electron chi connectivity index (χ2n) is 7.33. The van der Waals surface area contributed by atoms with Crippen molar-refractivity contribution in [2.45, 2.75) is 26.7 Å². The molecule has 2 heterocycles. The van der Waals surface area contributed by atoms with Gasteiger partial charge in [-0.05, 0) is 42.2 Å². The number of benzene rings is 2. The highest BCUT2D eigenvalue weighted by Gasteiger charge is 2.13. The molecule has 0 aliphatic carbocycles. The van der Waals surface area contributed by atoms with E-state index in [0.717, 1.165) is 27.8 Å². The van der Waals surface area contributed by atoms with Crippen LogP contribution in [0.15, 0.2) is 54.7 Å². The molecule has 0 atom stereocenters. The highest BCUT2D eigenvalue weighted by Crippen LogP contribution is 2.27. The van der Waals surface area contributed by atoms with Crippen molar-refractivity contribution in [1.29, 1.82) is 0 Å². The van der Waals surface area contributed by atoms with Gasteiger partial charge in [-0.1, -0.05) is 53.2 Å². The average Bonchev–Trinajstić information content (AvgIpc) is 3.07. The molecule has 0 radical (unpaired) electrons. The van der Waals surface area contributed by atoms with Gasteiger partial charge in [0.2, 0.25) is 0 Å². The Morgan fingerprint density at radius 1 is 1.10 bits per heavy atom. The first-order valence-corrected chi connectivity index (χ1v) is 9.38. The van der Waals surface area contributed by atoms with E-state index in [2.05, 4.69) is 10.3 Å². The van der Waals surface area contributed by atoms with Gasteiger partial charge in [0, 0.05) is 24.6 Å². The zero-order chi connectivity index (χ0) is 20.5. The lowest BCUT2D eigenvalue weighted by Gasteiger charge is -2.08.